The maximum atomic E-state index is 4.18. The smallest absolute Gasteiger partial charge is 0.115 e. The Labute approximate surface area is 229 Å². The number of hydrogen-bond donors (Lipinski definition) is 2. The number of piperidine rings is 1. The molecule has 0 atom stereocenters. The summed E-state index contributed by atoms with van der Waals surface area (Å²) in [5.41, 5.74) is 1.06. The first-order valence-electron chi connectivity index (χ1n) is 12.5. The number of aromatic amines is 1. The highest BCUT2D eigenvalue weighted by molar-refractivity contribution is 5.77. The van der Waals surface area contributed by atoms with Gasteiger partial charge in [-0.1, -0.05) is 42.0 Å². The number of para-hydroxylation sites is 1. The number of benzene rings is 1. The molecule has 1 aromatic carbocycles. The lowest BCUT2D eigenvalue weighted by Crippen LogP contribution is -2.21. The first-order chi connectivity index (χ1) is 19.5. The van der Waals surface area contributed by atoms with Crippen LogP contribution in [0.4, 0.5) is 0 Å². The van der Waals surface area contributed by atoms with Crippen LogP contribution in [0.25, 0.3) is 10.9 Å². The van der Waals surface area contributed by atoms with Crippen molar-refractivity contribution in [3.8, 4) is 0 Å². The highest BCUT2D eigenvalue weighted by Crippen LogP contribution is 2.07. The fourth-order valence-electron chi connectivity index (χ4n) is 2.80. The maximum Gasteiger partial charge on any atom is 0.115 e. The van der Waals surface area contributed by atoms with E-state index >= 15 is 0 Å². The van der Waals surface area contributed by atoms with Crippen LogP contribution in [-0.2, 0) is 0 Å². The number of rotatable bonds is 0. The average molecular weight is 523 g/mol. The molecule has 0 spiro atoms. The van der Waals surface area contributed by atoms with Crippen molar-refractivity contribution in [1.29, 1.82) is 0 Å². The van der Waals surface area contributed by atoms with E-state index in [-0.39, 0.29) is 0 Å². The third-order valence-electron chi connectivity index (χ3n) is 4.58. The van der Waals surface area contributed by atoms with Crippen molar-refractivity contribution < 1.29 is 0 Å². The summed E-state index contributed by atoms with van der Waals surface area (Å²) in [5, 5.41) is 20.8. The SMILES string of the molecule is C1CCNCC1.c1c[nH]nn1.c1ccc2ncccc2c1.c1ccncc1.c1ccnnc1.c1cncnc1. The Hall–Kier alpha value is -4.96. The molecule has 6 heterocycles. The van der Waals surface area contributed by atoms with E-state index in [0.717, 1.165) is 5.52 Å². The van der Waals surface area contributed by atoms with Crippen molar-refractivity contribution in [3.05, 3.63) is 135 Å². The molecule has 2 N–H and O–H groups in total. The molecule has 0 radical (unpaired) electrons. The van der Waals surface area contributed by atoms with Gasteiger partial charge < -0.3 is 5.32 Å². The van der Waals surface area contributed by atoms with Gasteiger partial charge in [0.15, 0.2) is 0 Å². The van der Waals surface area contributed by atoms with Crippen LogP contribution in [0.1, 0.15) is 19.3 Å². The lowest BCUT2D eigenvalue weighted by Gasteiger charge is -2.08. The van der Waals surface area contributed by atoms with Gasteiger partial charge in [-0.15, -0.1) is 5.10 Å². The minimum absolute atomic E-state index is 1.06. The van der Waals surface area contributed by atoms with E-state index < -0.39 is 0 Å². The van der Waals surface area contributed by atoms with Crippen molar-refractivity contribution >= 4 is 10.9 Å². The molecule has 39 heavy (non-hydrogen) atoms. The Kier molecular flexibility index (Phi) is 18.2. The predicted molar refractivity (Wildman–Crippen MR) is 153 cm³/mol. The normalized spacial score (nSPS) is 11.0. The summed E-state index contributed by atoms with van der Waals surface area (Å²) in [7, 11) is 0. The Morgan fingerprint density at radius 3 is 1.54 bits per heavy atom. The van der Waals surface area contributed by atoms with Crippen LogP contribution in [0.2, 0.25) is 0 Å². The van der Waals surface area contributed by atoms with Gasteiger partial charge in [0.05, 0.1) is 11.7 Å². The van der Waals surface area contributed by atoms with Gasteiger partial charge in [-0.3, -0.25) is 15.1 Å². The molecule has 0 amide bonds. The molecule has 200 valence electrons. The number of aromatic nitrogens is 9. The van der Waals surface area contributed by atoms with E-state index in [1.165, 1.54) is 44.1 Å². The quantitative estimate of drug-likeness (QED) is 0.288. The number of H-pyrrole nitrogens is 1. The molecule has 1 aliphatic heterocycles. The molecule has 6 aromatic rings. The summed E-state index contributed by atoms with van der Waals surface area (Å²) in [5.74, 6) is 0. The zero-order valence-electron chi connectivity index (χ0n) is 21.8. The predicted octanol–water partition coefficient (Wildman–Crippen LogP) is 4.83. The van der Waals surface area contributed by atoms with Gasteiger partial charge in [0, 0.05) is 55.0 Å². The zero-order chi connectivity index (χ0) is 27.3. The van der Waals surface area contributed by atoms with Crippen LogP contribution in [-0.4, -0.2) is 58.6 Å². The van der Waals surface area contributed by atoms with Crippen LogP contribution < -0.4 is 5.32 Å². The molecule has 5 aromatic heterocycles. The van der Waals surface area contributed by atoms with Crippen LogP contribution in [0.3, 0.4) is 0 Å². The third-order valence-corrected chi connectivity index (χ3v) is 4.58. The van der Waals surface area contributed by atoms with Gasteiger partial charge in [0.2, 0.25) is 0 Å². The second-order valence-corrected chi connectivity index (χ2v) is 7.51. The van der Waals surface area contributed by atoms with Crippen LogP contribution in [0, 0.1) is 0 Å². The van der Waals surface area contributed by atoms with E-state index in [4.69, 9.17) is 0 Å². The van der Waals surface area contributed by atoms with Crippen molar-refractivity contribution in [2.24, 2.45) is 0 Å². The fraction of sp³-hybridized carbons (Fsp3) is 0.172. The number of hydrogen-bond acceptors (Lipinski definition) is 9. The van der Waals surface area contributed by atoms with E-state index in [1.54, 1.807) is 55.6 Å². The molecule has 0 bridgehead atoms. The third kappa shape index (κ3) is 18.0. The summed E-state index contributed by atoms with van der Waals surface area (Å²) in [6.45, 7) is 2.50. The Morgan fingerprint density at radius 1 is 0.513 bits per heavy atom. The summed E-state index contributed by atoms with van der Waals surface area (Å²) >= 11 is 0. The number of pyridine rings is 2. The standard InChI is InChI=1S/C9H7N.C5H11N.C5H5N.2C4H4N2.C2H3N3/c1-2-6-9-8(4-1)5-3-7-10-9;2*1-2-4-6-5-3-1;1-2-5-4-6-3-1;1-2-4-6-5-3-1;1-2-4-5-3-1/h1-7H;6H,1-5H2;1-5H;2*1-4H;1-2H,(H,3,4,5). The number of fused-ring (bicyclic) bond motifs is 1. The second kappa shape index (κ2) is 23.4. The summed E-state index contributed by atoms with van der Waals surface area (Å²) in [6, 6.07) is 23.2. The van der Waals surface area contributed by atoms with E-state index in [9.17, 15) is 0 Å². The van der Waals surface area contributed by atoms with Crippen LogP contribution in [0.5, 0.6) is 0 Å². The maximum absolute atomic E-state index is 4.18. The summed E-state index contributed by atoms with van der Waals surface area (Å²) < 4.78 is 0. The van der Waals surface area contributed by atoms with E-state index in [1.807, 2.05) is 60.8 Å². The Morgan fingerprint density at radius 2 is 1.18 bits per heavy atom. The first kappa shape index (κ1) is 30.3. The number of nitrogens with zero attached hydrogens (tertiary/aromatic N) is 8. The lowest BCUT2D eigenvalue weighted by atomic mass is 10.2. The lowest BCUT2D eigenvalue weighted by molar-refractivity contribution is 0.520. The molecule has 1 fully saturated rings. The van der Waals surface area contributed by atoms with E-state index in [0.29, 0.717) is 0 Å². The molecule has 1 saturated heterocycles. The largest absolute Gasteiger partial charge is 0.317 e. The fourth-order valence-corrected chi connectivity index (χ4v) is 2.80. The highest BCUT2D eigenvalue weighted by atomic mass is 15.3. The Balaban J connectivity index is 0.000000167. The average Bonchev–Trinajstić information content (AvgIpc) is 3.67. The van der Waals surface area contributed by atoms with Gasteiger partial charge in [0.1, 0.15) is 6.33 Å². The topological polar surface area (TPSA) is 131 Å². The van der Waals surface area contributed by atoms with Crippen molar-refractivity contribution in [2.75, 3.05) is 13.1 Å². The van der Waals surface area contributed by atoms with Crippen LogP contribution >= 0.6 is 0 Å². The minimum atomic E-state index is 1.06. The Bertz CT molecular complexity index is 1010. The van der Waals surface area contributed by atoms with Gasteiger partial charge in [-0.2, -0.15) is 10.2 Å². The van der Waals surface area contributed by atoms with Gasteiger partial charge in [-0.25, -0.2) is 9.97 Å². The van der Waals surface area contributed by atoms with Crippen LogP contribution in [0.15, 0.2) is 135 Å². The minimum Gasteiger partial charge on any atom is -0.317 e. The molecule has 10 heteroatoms. The van der Waals surface area contributed by atoms with E-state index in [2.05, 4.69) is 63.0 Å². The van der Waals surface area contributed by atoms with Gasteiger partial charge >= 0.3 is 0 Å². The second-order valence-electron chi connectivity index (χ2n) is 7.51. The zero-order valence-corrected chi connectivity index (χ0v) is 21.8. The summed E-state index contributed by atoms with van der Waals surface area (Å²) in [6.07, 6.45) is 20.9. The highest BCUT2D eigenvalue weighted by Gasteiger charge is 1.93. The summed E-state index contributed by atoms with van der Waals surface area (Å²) in [4.78, 5) is 15.3. The molecule has 0 aliphatic carbocycles. The first-order valence-corrected chi connectivity index (χ1v) is 12.5. The molecular formula is C29H34N10. The molecule has 1 aliphatic rings. The van der Waals surface area contributed by atoms with Crippen molar-refractivity contribution in [1.82, 2.24) is 50.9 Å². The van der Waals surface area contributed by atoms with Gasteiger partial charge in [-0.05, 0) is 68.4 Å². The monoisotopic (exact) mass is 522 g/mol. The molecule has 7 rings (SSSR count). The molecular weight excluding hydrogens is 488 g/mol. The van der Waals surface area contributed by atoms with Gasteiger partial charge in [0.25, 0.3) is 0 Å². The molecule has 10 nitrogen and oxygen atoms in total. The number of nitrogens with one attached hydrogen (secondary N) is 2. The van der Waals surface area contributed by atoms with Crippen molar-refractivity contribution in [2.45, 2.75) is 19.3 Å². The molecule has 0 unspecified atom stereocenters. The molecule has 0 saturated carbocycles. The van der Waals surface area contributed by atoms with Crippen molar-refractivity contribution in [3.63, 3.8) is 0 Å².